The zero-order valence-electron chi connectivity index (χ0n) is 11.3. The van der Waals surface area contributed by atoms with Crippen molar-refractivity contribution in [1.29, 1.82) is 0 Å². The molecule has 0 bridgehead atoms. The van der Waals surface area contributed by atoms with Crippen molar-refractivity contribution in [2.75, 3.05) is 25.4 Å². The van der Waals surface area contributed by atoms with E-state index in [0.29, 0.717) is 11.3 Å². The van der Waals surface area contributed by atoms with Crippen molar-refractivity contribution in [2.24, 2.45) is 5.73 Å². The minimum atomic E-state index is -3.58. The fourth-order valence-corrected chi connectivity index (χ4v) is 2.33. The van der Waals surface area contributed by atoms with Gasteiger partial charge in [0, 0.05) is 24.1 Å². The summed E-state index contributed by atoms with van der Waals surface area (Å²) in [5, 5.41) is 2.71. The zero-order valence-corrected chi connectivity index (χ0v) is 13.7. The molecule has 0 saturated carbocycles. The maximum Gasteiger partial charge on any atom is 0.334 e. The largest absolute Gasteiger partial charge is 0.350 e. The molecule has 0 aliphatic rings. The molecule has 9 heteroatoms. The molecule has 1 aromatic carbocycles. The van der Waals surface area contributed by atoms with E-state index in [1.54, 1.807) is 32.3 Å². The third kappa shape index (κ3) is 4.75. The molecule has 0 unspecified atom stereocenters. The number of nitrogens with two attached hydrogens (primary N) is 1. The van der Waals surface area contributed by atoms with Crippen LogP contribution in [0.25, 0.3) is 0 Å². The van der Waals surface area contributed by atoms with Gasteiger partial charge in [-0.1, -0.05) is 15.9 Å². The lowest BCUT2D eigenvalue weighted by Crippen LogP contribution is -2.45. The first-order chi connectivity index (χ1) is 9.11. The number of hydrogen-bond acceptors (Lipinski definition) is 5. The number of rotatable bonds is 5. The Morgan fingerprint density at radius 1 is 1.40 bits per heavy atom. The number of hydrazine groups is 1. The standard InChI is InChI=1S/C11H16BrN3O4S/c1-14(2)15(11(13)16)10-5-4-9(12)6-8(10)7-19-20(3,17)18/h4-6H,7H2,1-3H3,(H2,13,16). The molecule has 2 N–H and O–H groups in total. The Labute approximate surface area is 126 Å². The van der Waals surface area contributed by atoms with E-state index >= 15 is 0 Å². The van der Waals surface area contributed by atoms with E-state index in [4.69, 9.17) is 9.92 Å². The van der Waals surface area contributed by atoms with Gasteiger partial charge < -0.3 is 5.73 Å². The molecule has 0 aliphatic carbocycles. The first-order valence-corrected chi connectivity index (χ1v) is 8.12. The average molecular weight is 366 g/mol. The van der Waals surface area contributed by atoms with Crippen LogP contribution in [0, 0.1) is 0 Å². The van der Waals surface area contributed by atoms with E-state index in [2.05, 4.69) is 15.9 Å². The normalized spacial score (nSPS) is 11.7. The number of amides is 2. The average Bonchev–Trinajstić information content (AvgIpc) is 2.27. The molecule has 112 valence electrons. The van der Waals surface area contributed by atoms with Crippen molar-refractivity contribution in [3.63, 3.8) is 0 Å². The number of anilines is 1. The molecule has 20 heavy (non-hydrogen) atoms. The number of carbonyl (C=O) groups excluding carboxylic acids is 1. The molecular weight excluding hydrogens is 350 g/mol. The van der Waals surface area contributed by atoms with Crippen molar-refractivity contribution in [1.82, 2.24) is 5.01 Å². The van der Waals surface area contributed by atoms with Crippen LogP contribution in [0.4, 0.5) is 10.5 Å². The fourth-order valence-electron chi connectivity index (χ4n) is 1.58. The zero-order chi connectivity index (χ0) is 15.5. The van der Waals surface area contributed by atoms with Crippen LogP contribution < -0.4 is 10.7 Å². The van der Waals surface area contributed by atoms with E-state index in [0.717, 1.165) is 10.7 Å². The Bertz CT molecular complexity index is 604. The van der Waals surface area contributed by atoms with Gasteiger partial charge in [-0.25, -0.2) is 14.8 Å². The molecule has 0 fully saturated rings. The molecule has 2 amide bonds. The molecule has 7 nitrogen and oxygen atoms in total. The van der Waals surface area contributed by atoms with Crippen LogP contribution in [0.15, 0.2) is 22.7 Å². The summed E-state index contributed by atoms with van der Waals surface area (Å²) in [5.41, 5.74) is 6.30. The van der Waals surface area contributed by atoms with Crippen molar-refractivity contribution < 1.29 is 17.4 Å². The molecule has 0 aromatic heterocycles. The maximum absolute atomic E-state index is 11.5. The quantitative estimate of drug-likeness (QED) is 0.626. The smallest absolute Gasteiger partial charge is 0.334 e. The van der Waals surface area contributed by atoms with Crippen LogP contribution >= 0.6 is 15.9 Å². The highest BCUT2D eigenvalue weighted by atomic mass is 79.9. The van der Waals surface area contributed by atoms with Crippen molar-refractivity contribution in [2.45, 2.75) is 6.61 Å². The van der Waals surface area contributed by atoms with Crippen LogP contribution in [0.1, 0.15) is 5.56 Å². The second-order valence-electron chi connectivity index (χ2n) is 4.24. The molecule has 0 aliphatic heterocycles. The Balaban J connectivity index is 3.21. The minimum absolute atomic E-state index is 0.189. The SMILES string of the molecule is CN(C)N(C(N)=O)c1ccc(Br)cc1COS(C)(=O)=O. The summed E-state index contributed by atoms with van der Waals surface area (Å²) in [6, 6.07) is 4.35. The number of benzene rings is 1. The molecule has 1 rings (SSSR count). The van der Waals surface area contributed by atoms with Gasteiger partial charge in [0.1, 0.15) is 0 Å². The van der Waals surface area contributed by atoms with E-state index in [1.165, 1.54) is 10.0 Å². The predicted octanol–water partition coefficient (Wildman–Crippen LogP) is 1.29. The molecular formula is C11H16BrN3O4S. The van der Waals surface area contributed by atoms with Gasteiger partial charge in [0.2, 0.25) is 0 Å². The summed E-state index contributed by atoms with van der Waals surface area (Å²) in [5.74, 6) is 0. The first-order valence-electron chi connectivity index (χ1n) is 5.51. The summed E-state index contributed by atoms with van der Waals surface area (Å²) < 4.78 is 27.7. The number of hydrogen-bond donors (Lipinski definition) is 1. The van der Waals surface area contributed by atoms with Gasteiger partial charge in [-0.2, -0.15) is 8.42 Å². The molecule has 0 saturated heterocycles. The maximum atomic E-state index is 11.5. The van der Waals surface area contributed by atoms with Gasteiger partial charge in [0.15, 0.2) is 0 Å². The molecule has 0 atom stereocenters. The fraction of sp³-hybridized carbons (Fsp3) is 0.364. The van der Waals surface area contributed by atoms with Crippen LogP contribution in [-0.2, 0) is 20.9 Å². The molecule has 0 spiro atoms. The third-order valence-electron chi connectivity index (χ3n) is 2.31. The lowest BCUT2D eigenvalue weighted by Gasteiger charge is -2.28. The van der Waals surface area contributed by atoms with Gasteiger partial charge in [-0.3, -0.25) is 4.18 Å². The van der Waals surface area contributed by atoms with Crippen molar-refractivity contribution >= 4 is 37.8 Å². The second-order valence-corrected chi connectivity index (χ2v) is 6.80. The number of carbonyl (C=O) groups is 1. The third-order valence-corrected chi connectivity index (χ3v) is 3.35. The van der Waals surface area contributed by atoms with Crippen molar-refractivity contribution in [3.8, 4) is 0 Å². The Hall–Kier alpha value is -1.16. The molecule has 0 heterocycles. The summed E-state index contributed by atoms with van der Waals surface area (Å²) in [4.78, 5) is 11.5. The Morgan fingerprint density at radius 3 is 2.45 bits per heavy atom. The summed E-state index contributed by atoms with van der Waals surface area (Å²) in [7, 11) is -0.288. The topological polar surface area (TPSA) is 92.9 Å². The van der Waals surface area contributed by atoms with Crippen LogP contribution in [0.3, 0.4) is 0 Å². The highest BCUT2D eigenvalue weighted by molar-refractivity contribution is 9.10. The molecule has 0 radical (unpaired) electrons. The monoisotopic (exact) mass is 365 g/mol. The number of halogens is 1. The van der Waals surface area contributed by atoms with Gasteiger partial charge in [0.05, 0.1) is 18.6 Å². The number of nitrogens with zero attached hydrogens (tertiary/aromatic N) is 2. The molecule has 1 aromatic rings. The van der Waals surface area contributed by atoms with Crippen molar-refractivity contribution in [3.05, 3.63) is 28.2 Å². The highest BCUT2D eigenvalue weighted by Crippen LogP contribution is 2.26. The summed E-state index contributed by atoms with van der Waals surface area (Å²) in [6.07, 6.45) is 0.961. The van der Waals surface area contributed by atoms with E-state index in [-0.39, 0.29) is 6.61 Å². The lowest BCUT2D eigenvalue weighted by atomic mass is 10.2. The van der Waals surface area contributed by atoms with Gasteiger partial charge in [-0.15, -0.1) is 0 Å². The second kappa shape index (κ2) is 6.53. The minimum Gasteiger partial charge on any atom is -0.350 e. The summed E-state index contributed by atoms with van der Waals surface area (Å²) >= 11 is 3.29. The lowest BCUT2D eigenvalue weighted by molar-refractivity contribution is 0.238. The number of primary amides is 1. The van der Waals surface area contributed by atoms with E-state index in [9.17, 15) is 13.2 Å². The van der Waals surface area contributed by atoms with Crippen LogP contribution in [0.2, 0.25) is 0 Å². The van der Waals surface area contributed by atoms with E-state index < -0.39 is 16.1 Å². The first kappa shape index (κ1) is 16.9. The van der Waals surface area contributed by atoms with Gasteiger partial charge >= 0.3 is 6.03 Å². The van der Waals surface area contributed by atoms with E-state index in [1.807, 2.05) is 0 Å². The Kier molecular flexibility index (Phi) is 5.51. The highest BCUT2D eigenvalue weighted by Gasteiger charge is 2.19. The van der Waals surface area contributed by atoms with Crippen LogP contribution in [-0.4, -0.2) is 39.8 Å². The van der Waals surface area contributed by atoms with Gasteiger partial charge in [0.25, 0.3) is 10.1 Å². The van der Waals surface area contributed by atoms with Gasteiger partial charge in [-0.05, 0) is 18.2 Å². The Morgan fingerprint density at radius 2 is 2.00 bits per heavy atom. The predicted molar refractivity (Wildman–Crippen MR) is 79.5 cm³/mol. The number of urea groups is 1. The van der Waals surface area contributed by atoms with Crippen LogP contribution in [0.5, 0.6) is 0 Å². The summed E-state index contributed by atoms with van der Waals surface area (Å²) in [6.45, 7) is -0.189.